The molecule has 0 bridgehead atoms. The number of sulfonamides is 1. The van der Waals surface area contributed by atoms with Crippen molar-refractivity contribution in [2.24, 2.45) is 0 Å². The Bertz CT molecular complexity index is 527. The van der Waals surface area contributed by atoms with Crippen molar-refractivity contribution < 1.29 is 12.8 Å². The second-order valence-electron chi connectivity index (χ2n) is 4.31. The van der Waals surface area contributed by atoms with Gasteiger partial charge in [-0.15, -0.1) is 0 Å². The smallest absolute Gasteiger partial charge is 0.212 e. The number of hydrogen-bond acceptors (Lipinski definition) is 2. The van der Waals surface area contributed by atoms with Gasteiger partial charge in [-0.2, -0.15) is 4.31 Å². The third-order valence-corrected chi connectivity index (χ3v) is 5.26. The first-order valence-corrected chi connectivity index (χ1v) is 7.30. The number of nitrogens with zero attached hydrogens (tertiary/aromatic N) is 1. The van der Waals surface area contributed by atoms with Gasteiger partial charge in [0, 0.05) is 13.1 Å². The number of benzene rings is 1. The lowest BCUT2D eigenvalue weighted by atomic mass is 10.1. The van der Waals surface area contributed by atoms with Crippen LogP contribution in [0.5, 0.6) is 0 Å². The summed E-state index contributed by atoms with van der Waals surface area (Å²) in [5.74, 6) is -0.165. The second-order valence-corrected chi connectivity index (χ2v) is 6.63. The molecule has 0 N–H and O–H groups in total. The lowest BCUT2D eigenvalue weighted by Gasteiger charge is -2.24. The zero-order valence-electron chi connectivity index (χ0n) is 9.98. The first-order valence-electron chi connectivity index (χ1n) is 5.69. The van der Waals surface area contributed by atoms with E-state index < -0.39 is 10.0 Å². The van der Waals surface area contributed by atoms with E-state index in [1.54, 1.807) is 20.0 Å². The van der Waals surface area contributed by atoms with Crippen LogP contribution in [0.2, 0.25) is 0 Å². The Kier molecular flexibility index (Phi) is 3.23. The molecule has 1 aromatic rings. The van der Waals surface area contributed by atoms with Crippen molar-refractivity contribution in [2.75, 3.05) is 12.8 Å². The van der Waals surface area contributed by atoms with Crippen LogP contribution in [0.4, 0.5) is 4.39 Å². The molecule has 1 aliphatic rings. The molecule has 2 rings (SSSR count). The van der Waals surface area contributed by atoms with Crippen LogP contribution in [-0.2, 0) is 16.4 Å². The Balaban J connectivity index is 2.34. The van der Waals surface area contributed by atoms with E-state index in [1.165, 1.54) is 16.4 Å². The predicted octanol–water partition coefficient (Wildman–Crippen LogP) is 2.09. The molecule has 17 heavy (non-hydrogen) atoms. The lowest BCUT2D eigenvalue weighted by molar-refractivity contribution is 0.375. The monoisotopic (exact) mass is 257 g/mol. The van der Waals surface area contributed by atoms with E-state index in [0.717, 1.165) is 24.0 Å². The van der Waals surface area contributed by atoms with Crippen molar-refractivity contribution in [3.8, 4) is 0 Å². The lowest BCUT2D eigenvalue weighted by Crippen LogP contribution is -2.31. The van der Waals surface area contributed by atoms with E-state index in [4.69, 9.17) is 0 Å². The van der Waals surface area contributed by atoms with Crippen LogP contribution in [0.1, 0.15) is 30.5 Å². The molecule has 3 nitrogen and oxygen atoms in total. The first-order chi connectivity index (χ1) is 7.95. The molecular formula is C12H16FNO2S. The van der Waals surface area contributed by atoms with Gasteiger partial charge >= 0.3 is 0 Å². The van der Waals surface area contributed by atoms with Gasteiger partial charge in [0.25, 0.3) is 0 Å². The number of hydrogen-bond donors (Lipinski definition) is 0. The fraction of sp³-hybridized carbons (Fsp3) is 0.500. The maximum Gasteiger partial charge on any atom is 0.214 e. The summed E-state index contributed by atoms with van der Waals surface area (Å²) in [6, 6.07) is 4.45. The third kappa shape index (κ3) is 2.21. The molecule has 1 aromatic carbocycles. The quantitative estimate of drug-likeness (QED) is 0.831. The van der Waals surface area contributed by atoms with E-state index in [-0.39, 0.29) is 17.6 Å². The van der Waals surface area contributed by atoms with Gasteiger partial charge in [0.2, 0.25) is 10.0 Å². The minimum absolute atomic E-state index is 0.0938. The summed E-state index contributed by atoms with van der Waals surface area (Å²) in [5, 5.41) is 0. The summed E-state index contributed by atoms with van der Waals surface area (Å²) in [6.07, 6.45) is 1.47. The summed E-state index contributed by atoms with van der Waals surface area (Å²) in [4.78, 5) is 0. The van der Waals surface area contributed by atoms with E-state index in [2.05, 4.69) is 0 Å². The molecule has 0 spiro atoms. The average molecular weight is 257 g/mol. The van der Waals surface area contributed by atoms with E-state index >= 15 is 0 Å². The summed E-state index contributed by atoms with van der Waals surface area (Å²) in [7, 11) is -1.60. The van der Waals surface area contributed by atoms with Crippen molar-refractivity contribution in [1.29, 1.82) is 0 Å². The van der Waals surface area contributed by atoms with Gasteiger partial charge in [-0.25, -0.2) is 12.8 Å². The minimum atomic E-state index is -3.19. The van der Waals surface area contributed by atoms with Crippen LogP contribution in [0, 0.1) is 5.82 Å². The van der Waals surface area contributed by atoms with Crippen LogP contribution in [0.3, 0.4) is 0 Å². The normalized spacial score (nSPS) is 19.6. The molecule has 1 unspecified atom stereocenters. The standard InChI is InChI=1S/C12H16FNO2S/c1-3-17(15,16)14(2)12-7-4-9-8-10(13)5-6-11(9)12/h5-6,8,12H,3-4,7H2,1-2H3. The molecule has 0 radical (unpaired) electrons. The molecule has 5 heteroatoms. The average Bonchev–Trinajstić information content (AvgIpc) is 2.70. The van der Waals surface area contributed by atoms with E-state index in [0.29, 0.717) is 0 Å². The van der Waals surface area contributed by atoms with Gasteiger partial charge in [-0.05, 0) is 43.0 Å². The van der Waals surface area contributed by atoms with Gasteiger partial charge in [0.15, 0.2) is 0 Å². The highest BCUT2D eigenvalue weighted by Crippen LogP contribution is 2.36. The fourth-order valence-corrected chi connectivity index (χ4v) is 3.35. The van der Waals surface area contributed by atoms with E-state index in [9.17, 15) is 12.8 Å². The Morgan fingerprint density at radius 2 is 2.18 bits per heavy atom. The fourth-order valence-electron chi connectivity index (χ4n) is 2.34. The number of fused-ring (bicyclic) bond motifs is 1. The molecule has 0 aromatic heterocycles. The Morgan fingerprint density at radius 1 is 1.47 bits per heavy atom. The van der Waals surface area contributed by atoms with Crippen molar-refractivity contribution in [1.82, 2.24) is 4.31 Å². The van der Waals surface area contributed by atoms with Crippen LogP contribution >= 0.6 is 0 Å². The second kappa shape index (κ2) is 4.38. The largest absolute Gasteiger partial charge is 0.214 e. The first kappa shape index (κ1) is 12.5. The van der Waals surface area contributed by atoms with Crippen LogP contribution in [0.25, 0.3) is 0 Å². The van der Waals surface area contributed by atoms with Crippen molar-refractivity contribution >= 4 is 10.0 Å². The number of halogens is 1. The SMILES string of the molecule is CCS(=O)(=O)N(C)C1CCc2cc(F)ccc21. The third-order valence-electron chi connectivity index (χ3n) is 3.39. The maximum atomic E-state index is 13.1. The molecule has 0 amide bonds. The molecule has 1 atom stereocenters. The van der Waals surface area contributed by atoms with E-state index in [1.807, 2.05) is 0 Å². The molecular weight excluding hydrogens is 241 g/mol. The minimum Gasteiger partial charge on any atom is -0.212 e. The van der Waals surface area contributed by atoms with Crippen LogP contribution in [-0.4, -0.2) is 25.5 Å². The molecule has 94 valence electrons. The van der Waals surface area contributed by atoms with Gasteiger partial charge < -0.3 is 0 Å². The molecule has 1 aliphatic carbocycles. The van der Waals surface area contributed by atoms with Crippen LogP contribution < -0.4 is 0 Å². The van der Waals surface area contributed by atoms with Crippen LogP contribution in [0.15, 0.2) is 18.2 Å². The molecule has 0 aliphatic heterocycles. The van der Waals surface area contributed by atoms with Crippen molar-refractivity contribution in [3.63, 3.8) is 0 Å². The maximum absolute atomic E-state index is 13.1. The molecule has 0 fully saturated rings. The number of aryl methyl sites for hydroxylation is 1. The highest BCUT2D eigenvalue weighted by atomic mass is 32.2. The summed E-state index contributed by atoms with van der Waals surface area (Å²) in [5.41, 5.74) is 1.86. The number of rotatable bonds is 3. The Labute approximate surface area is 101 Å². The van der Waals surface area contributed by atoms with Crippen molar-refractivity contribution in [3.05, 3.63) is 35.1 Å². The van der Waals surface area contributed by atoms with Gasteiger partial charge in [0.1, 0.15) is 5.82 Å². The highest BCUT2D eigenvalue weighted by molar-refractivity contribution is 7.89. The topological polar surface area (TPSA) is 37.4 Å². The summed E-state index contributed by atoms with van der Waals surface area (Å²) in [6.45, 7) is 1.63. The highest BCUT2D eigenvalue weighted by Gasteiger charge is 2.31. The Hall–Kier alpha value is -0.940. The summed E-state index contributed by atoms with van der Waals surface area (Å²) < 4.78 is 38.1. The summed E-state index contributed by atoms with van der Waals surface area (Å²) >= 11 is 0. The zero-order valence-corrected chi connectivity index (χ0v) is 10.8. The van der Waals surface area contributed by atoms with Gasteiger partial charge in [0.05, 0.1) is 5.75 Å². The zero-order chi connectivity index (χ0) is 12.6. The predicted molar refractivity (Wildman–Crippen MR) is 64.7 cm³/mol. The molecule has 0 saturated heterocycles. The van der Waals surface area contributed by atoms with Crippen molar-refractivity contribution in [2.45, 2.75) is 25.8 Å². The van der Waals surface area contributed by atoms with Gasteiger partial charge in [-0.1, -0.05) is 6.07 Å². The van der Waals surface area contributed by atoms with Gasteiger partial charge in [-0.3, -0.25) is 0 Å². The molecule has 0 heterocycles. The Morgan fingerprint density at radius 3 is 2.82 bits per heavy atom. The molecule has 0 saturated carbocycles.